The minimum atomic E-state index is -4.33. The normalized spacial score (nSPS) is 16.7. The fraction of sp³-hybridized carbons (Fsp3) is 0.304. The van der Waals surface area contributed by atoms with Crippen LogP contribution >= 0.6 is 0 Å². The molecule has 6 heteroatoms. The lowest BCUT2D eigenvalue weighted by molar-refractivity contribution is -0.137. The molecule has 3 heterocycles. The summed E-state index contributed by atoms with van der Waals surface area (Å²) in [4.78, 5) is 4.43. The second-order valence-corrected chi connectivity index (χ2v) is 7.81. The Labute approximate surface area is 167 Å². The Morgan fingerprint density at radius 1 is 1.07 bits per heavy atom. The van der Waals surface area contributed by atoms with Gasteiger partial charge in [-0.25, -0.2) is 0 Å². The molecule has 0 radical (unpaired) electrons. The lowest BCUT2D eigenvalue weighted by Crippen LogP contribution is -2.14. The molecule has 0 saturated heterocycles. The van der Waals surface area contributed by atoms with Crippen LogP contribution in [0, 0.1) is 0 Å². The van der Waals surface area contributed by atoms with Crippen molar-refractivity contribution in [3.8, 4) is 11.1 Å². The van der Waals surface area contributed by atoms with Gasteiger partial charge in [0.1, 0.15) is 0 Å². The van der Waals surface area contributed by atoms with Crippen LogP contribution in [0.2, 0.25) is 0 Å². The highest BCUT2D eigenvalue weighted by Crippen LogP contribution is 2.38. The molecule has 3 aromatic rings. The van der Waals surface area contributed by atoms with Gasteiger partial charge in [-0.2, -0.15) is 18.3 Å². The van der Waals surface area contributed by atoms with Crippen LogP contribution in [-0.4, -0.2) is 14.8 Å². The first-order valence-electron chi connectivity index (χ1n) is 9.66. The number of nitrogens with zero attached hydrogens (tertiary/aromatic N) is 3. The number of allylic oxidation sites excluding steroid dienone is 1. The van der Waals surface area contributed by atoms with E-state index in [9.17, 15) is 13.2 Å². The molecule has 29 heavy (non-hydrogen) atoms. The number of pyridine rings is 1. The highest BCUT2D eigenvalue weighted by Gasteiger charge is 2.30. The Kier molecular flexibility index (Phi) is 4.81. The van der Waals surface area contributed by atoms with E-state index in [0.717, 1.165) is 45.8 Å². The van der Waals surface area contributed by atoms with E-state index in [-0.39, 0.29) is 6.04 Å². The van der Waals surface area contributed by atoms with Gasteiger partial charge in [0, 0.05) is 17.5 Å². The molecule has 0 saturated carbocycles. The van der Waals surface area contributed by atoms with Gasteiger partial charge in [0.2, 0.25) is 0 Å². The maximum Gasteiger partial charge on any atom is 0.416 e. The molecule has 1 aromatic carbocycles. The van der Waals surface area contributed by atoms with E-state index in [2.05, 4.69) is 36.9 Å². The number of alkyl halides is 3. The highest BCUT2D eigenvalue weighted by molar-refractivity contribution is 5.87. The van der Waals surface area contributed by atoms with Crippen molar-refractivity contribution in [3.05, 3.63) is 71.3 Å². The van der Waals surface area contributed by atoms with Gasteiger partial charge in [-0.1, -0.05) is 26.0 Å². The zero-order valence-corrected chi connectivity index (χ0v) is 16.5. The molecule has 1 aliphatic rings. The molecule has 0 amide bonds. The van der Waals surface area contributed by atoms with Crippen molar-refractivity contribution in [3.63, 3.8) is 0 Å². The van der Waals surface area contributed by atoms with Crippen LogP contribution in [0.15, 0.2) is 48.8 Å². The zero-order valence-electron chi connectivity index (χ0n) is 16.5. The van der Waals surface area contributed by atoms with E-state index in [4.69, 9.17) is 0 Å². The molecule has 1 aliphatic heterocycles. The third-order valence-corrected chi connectivity index (χ3v) is 5.34. The summed E-state index contributed by atoms with van der Waals surface area (Å²) in [5.41, 5.74) is 5.22. The molecule has 4 rings (SSSR count). The lowest BCUT2D eigenvalue weighted by atomic mass is 9.92. The zero-order chi connectivity index (χ0) is 20.8. The van der Waals surface area contributed by atoms with Crippen molar-refractivity contribution in [2.24, 2.45) is 0 Å². The van der Waals surface area contributed by atoms with E-state index in [1.165, 1.54) is 0 Å². The topological polar surface area (TPSA) is 30.7 Å². The van der Waals surface area contributed by atoms with Crippen LogP contribution in [0.1, 0.15) is 61.7 Å². The number of hydrogen-bond acceptors (Lipinski definition) is 2. The predicted octanol–water partition coefficient (Wildman–Crippen LogP) is 6.59. The van der Waals surface area contributed by atoms with Crippen molar-refractivity contribution in [2.45, 2.75) is 45.3 Å². The van der Waals surface area contributed by atoms with E-state index in [0.29, 0.717) is 12.3 Å². The smallest absolute Gasteiger partial charge is 0.262 e. The molecule has 0 fully saturated rings. The molecular weight excluding hydrogens is 375 g/mol. The molecular formula is C23H22F3N3. The largest absolute Gasteiger partial charge is 0.416 e. The van der Waals surface area contributed by atoms with Crippen molar-refractivity contribution in [1.82, 2.24) is 14.8 Å². The Bertz CT molecular complexity index is 1060. The fourth-order valence-electron chi connectivity index (χ4n) is 3.72. The molecule has 2 aromatic heterocycles. The van der Waals surface area contributed by atoms with E-state index < -0.39 is 11.7 Å². The number of benzene rings is 1. The van der Waals surface area contributed by atoms with Gasteiger partial charge in [-0.05, 0) is 66.3 Å². The van der Waals surface area contributed by atoms with Gasteiger partial charge in [-0.15, -0.1) is 0 Å². The van der Waals surface area contributed by atoms with Gasteiger partial charge in [0.15, 0.2) is 0 Å². The SMILES string of the molecule is CC(C)c1cc(-c2cnn3c2C=C(c2ccc(C(F)(F)F)cc2)CC3C)ccn1. The third kappa shape index (κ3) is 3.71. The summed E-state index contributed by atoms with van der Waals surface area (Å²) in [5.74, 6) is 0.318. The van der Waals surface area contributed by atoms with Crippen LogP contribution in [0.25, 0.3) is 22.8 Å². The van der Waals surface area contributed by atoms with Gasteiger partial charge in [0.25, 0.3) is 0 Å². The average Bonchev–Trinajstić information content (AvgIpc) is 3.12. The number of fused-ring (bicyclic) bond motifs is 1. The number of halogens is 3. The van der Waals surface area contributed by atoms with Crippen LogP contribution in [0.3, 0.4) is 0 Å². The summed E-state index contributed by atoms with van der Waals surface area (Å²) in [6.07, 6.45) is 2.10. The quantitative estimate of drug-likeness (QED) is 0.499. The summed E-state index contributed by atoms with van der Waals surface area (Å²) in [7, 11) is 0. The maximum absolute atomic E-state index is 12.9. The molecule has 0 aliphatic carbocycles. The summed E-state index contributed by atoms with van der Waals surface area (Å²) in [6, 6.07) is 9.55. The molecule has 0 spiro atoms. The first-order chi connectivity index (χ1) is 13.7. The Morgan fingerprint density at radius 3 is 2.45 bits per heavy atom. The molecule has 3 nitrogen and oxygen atoms in total. The molecule has 0 N–H and O–H groups in total. The van der Waals surface area contributed by atoms with E-state index in [1.807, 2.05) is 29.2 Å². The third-order valence-electron chi connectivity index (χ3n) is 5.34. The van der Waals surface area contributed by atoms with Crippen LogP contribution in [-0.2, 0) is 6.18 Å². The van der Waals surface area contributed by atoms with Gasteiger partial charge >= 0.3 is 6.18 Å². The highest BCUT2D eigenvalue weighted by atomic mass is 19.4. The second-order valence-electron chi connectivity index (χ2n) is 7.81. The first-order valence-corrected chi connectivity index (χ1v) is 9.66. The van der Waals surface area contributed by atoms with Gasteiger partial charge in [-0.3, -0.25) is 9.67 Å². The Balaban J connectivity index is 1.75. The van der Waals surface area contributed by atoms with E-state index in [1.54, 1.807) is 12.1 Å². The maximum atomic E-state index is 12.9. The standard InChI is InChI=1S/C23H22F3N3/c1-14(2)21-11-17(8-9-27-21)20-13-28-29-15(3)10-18(12-22(20)29)16-4-6-19(7-5-16)23(24,25)26/h4-9,11-15H,10H2,1-3H3. The summed E-state index contributed by atoms with van der Waals surface area (Å²) in [5, 5.41) is 4.57. The minimum absolute atomic E-state index is 0.118. The van der Waals surface area contributed by atoms with Crippen molar-refractivity contribution >= 4 is 11.6 Å². The fourth-order valence-corrected chi connectivity index (χ4v) is 3.72. The molecule has 0 bridgehead atoms. The second kappa shape index (κ2) is 7.17. The lowest BCUT2D eigenvalue weighted by Gasteiger charge is -2.23. The van der Waals surface area contributed by atoms with Crippen LogP contribution in [0.4, 0.5) is 13.2 Å². The van der Waals surface area contributed by atoms with Gasteiger partial charge < -0.3 is 0 Å². The number of aromatic nitrogens is 3. The number of rotatable bonds is 3. The Hall–Kier alpha value is -2.89. The summed E-state index contributed by atoms with van der Waals surface area (Å²) < 4.78 is 40.6. The van der Waals surface area contributed by atoms with Gasteiger partial charge in [0.05, 0.1) is 23.5 Å². The van der Waals surface area contributed by atoms with Crippen LogP contribution < -0.4 is 0 Å². The Morgan fingerprint density at radius 2 is 1.79 bits per heavy atom. The van der Waals surface area contributed by atoms with Crippen molar-refractivity contribution < 1.29 is 13.2 Å². The van der Waals surface area contributed by atoms with E-state index >= 15 is 0 Å². The summed E-state index contributed by atoms with van der Waals surface area (Å²) in [6.45, 7) is 6.28. The predicted molar refractivity (Wildman–Crippen MR) is 108 cm³/mol. The summed E-state index contributed by atoms with van der Waals surface area (Å²) >= 11 is 0. The average molecular weight is 397 g/mol. The molecule has 1 atom stereocenters. The minimum Gasteiger partial charge on any atom is -0.262 e. The van der Waals surface area contributed by atoms with Crippen molar-refractivity contribution in [2.75, 3.05) is 0 Å². The monoisotopic (exact) mass is 397 g/mol. The number of hydrogen-bond donors (Lipinski definition) is 0. The first kappa shape index (κ1) is 19.4. The molecule has 1 unspecified atom stereocenters. The van der Waals surface area contributed by atoms with Crippen molar-refractivity contribution in [1.29, 1.82) is 0 Å². The van der Waals surface area contributed by atoms with Crippen LogP contribution in [0.5, 0.6) is 0 Å². The molecule has 150 valence electrons.